The van der Waals surface area contributed by atoms with Crippen LogP contribution in [-0.4, -0.2) is 33.5 Å². The SMILES string of the molecule is [B]C1C=CC([N+](=O)[O-])=CC1NS(C)(=O)=O. The topological polar surface area (TPSA) is 89.3 Å². The van der Waals surface area contributed by atoms with Gasteiger partial charge in [-0.25, -0.2) is 13.1 Å². The Morgan fingerprint density at radius 2 is 2.20 bits per heavy atom. The van der Waals surface area contributed by atoms with Crippen LogP contribution in [0.2, 0.25) is 5.82 Å². The second-order valence-electron chi connectivity index (χ2n) is 3.20. The number of rotatable bonds is 3. The zero-order valence-electron chi connectivity index (χ0n) is 7.95. The molecule has 0 saturated carbocycles. The van der Waals surface area contributed by atoms with E-state index in [4.69, 9.17) is 7.85 Å². The van der Waals surface area contributed by atoms with Crippen LogP contribution in [0.25, 0.3) is 0 Å². The minimum Gasteiger partial charge on any atom is -0.258 e. The van der Waals surface area contributed by atoms with Crippen molar-refractivity contribution in [3.05, 3.63) is 34.0 Å². The van der Waals surface area contributed by atoms with E-state index in [2.05, 4.69) is 4.72 Å². The van der Waals surface area contributed by atoms with E-state index in [-0.39, 0.29) is 5.70 Å². The maximum absolute atomic E-state index is 10.9. The number of nitro groups is 1. The minimum atomic E-state index is -3.44. The molecule has 1 rings (SSSR count). The highest BCUT2D eigenvalue weighted by Crippen LogP contribution is 2.19. The van der Waals surface area contributed by atoms with Gasteiger partial charge in [0.2, 0.25) is 10.0 Å². The summed E-state index contributed by atoms with van der Waals surface area (Å²) in [5.41, 5.74) is -0.169. The fraction of sp³-hybridized carbons (Fsp3) is 0.429. The third-order valence-corrected chi connectivity index (χ3v) is 2.52. The van der Waals surface area contributed by atoms with Crippen molar-refractivity contribution in [2.24, 2.45) is 0 Å². The fourth-order valence-corrected chi connectivity index (χ4v) is 1.88. The van der Waals surface area contributed by atoms with Gasteiger partial charge in [0.15, 0.2) is 0 Å². The van der Waals surface area contributed by atoms with Gasteiger partial charge < -0.3 is 0 Å². The van der Waals surface area contributed by atoms with E-state index in [1.54, 1.807) is 0 Å². The molecule has 2 radical (unpaired) electrons. The molecule has 0 bridgehead atoms. The van der Waals surface area contributed by atoms with E-state index in [1.165, 1.54) is 18.2 Å². The van der Waals surface area contributed by atoms with Gasteiger partial charge in [0.25, 0.3) is 5.70 Å². The molecule has 2 unspecified atom stereocenters. The second-order valence-corrected chi connectivity index (χ2v) is 4.98. The van der Waals surface area contributed by atoms with Gasteiger partial charge in [0, 0.05) is 18.2 Å². The maximum Gasteiger partial charge on any atom is 0.266 e. The fourth-order valence-electron chi connectivity index (χ4n) is 1.16. The van der Waals surface area contributed by atoms with Crippen LogP contribution in [0.15, 0.2) is 23.9 Å². The molecular weight excluding hydrogens is 219 g/mol. The van der Waals surface area contributed by atoms with Gasteiger partial charge in [0.1, 0.15) is 0 Å². The van der Waals surface area contributed by atoms with E-state index in [0.717, 1.165) is 6.26 Å². The summed E-state index contributed by atoms with van der Waals surface area (Å²) in [6.07, 6.45) is 4.80. The van der Waals surface area contributed by atoms with Crippen LogP contribution in [-0.2, 0) is 10.0 Å². The van der Waals surface area contributed by atoms with Crippen LogP contribution >= 0.6 is 0 Å². The Bertz CT molecular complexity index is 428. The zero-order valence-corrected chi connectivity index (χ0v) is 8.77. The van der Waals surface area contributed by atoms with E-state index in [1.807, 2.05) is 0 Å². The van der Waals surface area contributed by atoms with Crippen molar-refractivity contribution in [3.63, 3.8) is 0 Å². The number of allylic oxidation sites excluding steroid dienone is 1. The minimum absolute atomic E-state index is 0.169. The number of sulfonamides is 1. The maximum atomic E-state index is 10.9. The smallest absolute Gasteiger partial charge is 0.258 e. The highest BCUT2D eigenvalue weighted by molar-refractivity contribution is 7.88. The Morgan fingerprint density at radius 3 is 2.67 bits per heavy atom. The van der Waals surface area contributed by atoms with Crippen molar-refractivity contribution in [3.8, 4) is 0 Å². The molecule has 1 aliphatic carbocycles. The summed E-state index contributed by atoms with van der Waals surface area (Å²) in [4.78, 5) is 9.84. The monoisotopic (exact) mass is 228 g/mol. The van der Waals surface area contributed by atoms with Crippen LogP contribution in [0.1, 0.15) is 0 Å². The Morgan fingerprint density at radius 1 is 1.60 bits per heavy atom. The lowest BCUT2D eigenvalue weighted by molar-refractivity contribution is -0.419. The molecule has 1 aliphatic rings. The highest BCUT2D eigenvalue weighted by atomic mass is 32.2. The molecule has 15 heavy (non-hydrogen) atoms. The third-order valence-electron chi connectivity index (χ3n) is 1.82. The van der Waals surface area contributed by atoms with Gasteiger partial charge in [0.05, 0.1) is 19.0 Å². The summed E-state index contributed by atoms with van der Waals surface area (Å²) in [6, 6.07) is -0.773. The van der Waals surface area contributed by atoms with Crippen molar-refractivity contribution >= 4 is 17.9 Å². The summed E-state index contributed by atoms with van der Waals surface area (Å²) in [7, 11) is 2.13. The standard InChI is InChI=1S/C7H9BN2O4S/c1-15(13,14)9-7-4-5(10(11)12)2-3-6(7)8/h2-4,6-7,9H,1H3. The molecule has 0 aliphatic heterocycles. The first-order valence-electron chi connectivity index (χ1n) is 4.07. The molecule has 0 aromatic heterocycles. The molecule has 0 amide bonds. The summed E-state index contributed by atoms with van der Waals surface area (Å²) < 4.78 is 24.1. The molecule has 0 aromatic rings. The number of nitrogens with one attached hydrogen (secondary N) is 1. The first kappa shape index (κ1) is 11.9. The van der Waals surface area contributed by atoms with Crippen molar-refractivity contribution in [2.75, 3.05) is 6.26 Å². The van der Waals surface area contributed by atoms with Gasteiger partial charge in [-0.3, -0.25) is 10.1 Å². The van der Waals surface area contributed by atoms with Gasteiger partial charge in [-0.05, 0) is 5.82 Å². The normalized spacial score (nSPS) is 26.1. The number of hydrogen-bond donors (Lipinski definition) is 1. The number of nitrogens with zero attached hydrogens (tertiary/aromatic N) is 1. The molecule has 2 atom stereocenters. The molecule has 0 aromatic carbocycles. The Kier molecular flexibility index (Phi) is 3.30. The van der Waals surface area contributed by atoms with E-state index >= 15 is 0 Å². The Balaban J connectivity index is 2.89. The van der Waals surface area contributed by atoms with Crippen molar-refractivity contribution in [1.82, 2.24) is 4.72 Å². The average Bonchev–Trinajstić information content (AvgIpc) is 2.06. The third kappa shape index (κ3) is 3.48. The molecule has 8 heteroatoms. The van der Waals surface area contributed by atoms with Gasteiger partial charge >= 0.3 is 0 Å². The predicted octanol–water partition coefficient (Wildman–Crippen LogP) is -0.408. The number of hydrogen-bond acceptors (Lipinski definition) is 4. The van der Waals surface area contributed by atoms with Crippen LogP contribution in [0.4, 0.5) is 0 Å². The lowest BCUT2D eigenvalue weighted by atomic mass is 9.78. The largest absolute Gasteiger partial charge is 0.266 e. The molecule has 0 saturated heterocycles. The Hall–Kier alpha value is -1.15. The van der Waals surface area contributed by atoms with Crippen molar-refractivity contribution in [1.29, 1.82) is 0 Å². The lowest BCUT2D eigenvalue weighted by Gasteiger charge is -2.20. The first-order valence-corrected chi connectivity index (χ1v) is 5.96. The highest BCUT2D eigenvalue weighted by Gasteiger charge is 2.23. The van der Waals surface area contributed by atoms with Crippen LogP contribution in [0.3, 0.4) is 0 Å². The van der Waals surface area contributed by atoms with E-state index < -0.39 is 26.8 Å². The molecular formula is C7H9BN2O4S. The molecule has 6 nitrogen and oxygen atoms in total. The van der Waals surface area contributed by atoms with Crippen LogP contribution < -0.4 is 4.72 Å². The summed E-state index contributed by atoms with van der Waals surface area (Å²) >= 11 is 0. The van der Waals surface area contributed by atoms with Gasteiger partial charge in [-0.2, -0.15) is 0 Å². The summed E-state index contributed by atoms with van der Waals surface area (Å²) in [5, 5.41) is 10.4. The molecule has 80 valence electrons. The molecule has 0 spiro atoms. The average molecular weight is 228 g/mol. The first-order chi connectivity index (χ1) is 6.79. The summed E-state index contributed by atoms with van der Waals surface area (Å²) in [6.45, 7) is 0. The Labute approximate surface area is 88.7 Å². The molecule has 0 fully saturated rings. The lowest BCUT2D eigenvalue weighted by Crippen LogP contribution is -2.37. The van der Waals surface area contributed by atoms with Gasteiger partial charge in [-0.1, -0.05) is 6.08 Å². The predicted molar refractivity (Wildman–Crippen MR) is 55.5 cm³/mol. The van der Waals surface area contributed by atoms with Crippen molar-refractivity contribution in [2.45, 2.75) is 11.9 Å². The van der Waals surface area contributed by atoms with Crippen LogP contribution in [0.5, 0.6) is 0 Å². The summed E-state index contributed by atoms with van der Waals surface area (Å²) in [5.74, 6) is -0.594. The van der Waals surface area contributed by atoms with Crippen LogP contribution in [0, 0.1) is 10.1 Å². The van der Waals surface area contributed by atoms with Crippen molar-refractivity contribution < 1.29 is 13.3 Å². The second kappa shape index (κ2) is 4.15. The van der Waals surface area contributed by atoms with Gasteiger partial charge in [-0.15, -0.1) is 0 Å². The zero-order chi connectivity index (χ0) is 11.6. The quantitative estimate of drug-likeness (QED) is 0.404. The molecule has 0 heterocycles. The van der Waals surface area contributed by atoms with E-state index in [9.17, 15) is 18.5 Å². The van der Waals surface area contributed by atoms with E-state index in [0.29, 0.717) is 0 Å². The molecule has 1 N–H and O–H groups in total.